The summed E-state index contributed by atoms with van der Waals surface area (Å²) >= 11 is 0. The number of hydrogen-bond acceptors (Lipinski definition) is 5. The molecular formula is C13H27N3O2. The van der Waals surface area contributed by atoms with Crippen molar-refractivity contribution in [2.24, 2.45) is 0 Å². The van der Waals surface area contributed by atoms with Gasteiger partial charge in [0.05, 0.1) is 0 Å². The second-order valence-electron chi connectivity index (χ2n) is 5.83. The quantitative estimate of drug-likeness (QED) is 0.598. The Morgan fingerprint density at radius 2 is 1.78 bits per heavy atom. The first-order chi connectivity index (χ1) is 8.50. The summed E-state index contributed by atoms with van der Waals surface area (Å²) in [6.07, 6.45) is 2.44. The van der Waals surface area contributed by atoms with Gasteiger partial charge in [0.25, 0.3) is 0 Å². The van der Waals surface area contributed by atoms with Gasteiger partial charge in [-0.05, 0) is 39.8 Å². The van der Waals surface area contributed by atoms with Gasteiger partial charge < -0.3 is 20.4 Å². The third-order valence-corrected chi connectivity index (χ3v) is 4.30. The topological polar surface area (TPSA) is 59.0 Å². The molecule has 0 amide bonds. The van der Waals surface area contributed by atoms with E-state index in [4.69, 9.17) is 0 Å². The Morgan fingerprint density at radius 1 is 1.11 bits per heavy atom. The summed E-state index contributed by atoms with van der Waals surface area (Å²) in [5.41, 5.74) is 0. The lowest BCUT2D eigenvalue weighted by Crippen LogP contribution is -2.57. The minimum atomic E-state index is -1.63. The molecule has 2 saturated heterocycles. The average molecular weight is 257 g/mol. The lowest BCUT2D eigenvalue weighted by molar-refractivity contribution is -0.276. The van der Waals surface area contributed by atoms with Gasteiger partial charge in [0.2, 0.25) is 5.91 Å². The molecule has 0 aromatic heterocycles. The van der Waals surface area contributed by atoms with Crippen LogP contribution in [0.15, 0.2) is 0 Å². The summed E-state index contributed by atoms with van der Waals surface area (Å²) in [6, 6.07) is 0.889. The van der Waals surface area contributed by atoms with Gasteiger partial charge in [-0.25, -0.2) is 4.90 Å². The SMILES string of the molecule is CC(C)N1CCC(N2CCNCCC2(O)O)CC1. The third-order valence-electron chi connectivity index (χ3n) is 4.30. The summed E-state index contributed by atoms with van der Waals surface area (Å²) in [6.45, 7) is 8.79. The summed E-state index contributed by atoms with van der Waals surface area (Å²) in [5, 5.41) is 23.6. The van der Waals surface area contributed by atoms with E-state index in [0.29, 0.717) is 25.0 Å². The van der Waals surface area contributed by atoms with E-state index in [1.54, 1.807) is 0 Å². The first-order valence-corrected chi connectivity index (χ1v) is 7.17. The molecule has 0 radical (unpaired) electrons. The average Bonchev–Trinajstić information content (AvgIpc) is 2.50. The van der Waals surface area contributed by atoms with Gasteiger partial charge in [-0.15, -0.1) is 0 Å². The van der Waals surface area contributed by atoms with Crippen LogP contribution in [0.2, 0.25) is 0 Å². The Labute approximate surface area is 110 Å². The molecule has 0 atom stereocenters. The molecule has 106 valence electrons. The van der Waals surface area contributed by atoms with Crippen LogP contribution in [0.4, 0.5) is 0 Å². The molecule has 2 fully saturated rings. The van der Waals surface area contributed by atoms with Crippen LogP contribution in [-0.2, 0) is 0 Å². The van der Waals surface area contributed by atoms with Crippen LogP contribution in [-0.4, -0.2) is 70.7 Å². The van der Waals surface area contributed by atoms with Crippen LogP contribution >= 0.6 is 0 Å². The fourth-order valence-electron chi connectivity index (χ4n) is 3.09. The van der Waals surface area contributed by atoms with Crippen LogP contribution in [0.5, 0.6) is 0 Å². The van der Waals surface area contributed by atoms with E-state index in [-0.39, 0.29) is 0 Å². The standard InChI is InChI=1S/C13H27N3O2/c1-11(2)15-8-3-12(4-9-15)16-10-7-14-6-5-13(16,17)18/h11-12,14,17-18H,3-10H2,1-2H3. The van der Waals surface area contributed by atoms with Crippen molar-refractivity contribution in [3.63, 3.8) is 0 Å². The molecular weight excluding hydrogens is 230 g/mol. The molecule has 0 aromatic rings. The number of piperidine rings is 1. The van der Waals surface area contributed by atoms with Crippen LogP contribution in [0, 0.1) is 0 Å². The molecule has 0 bridgehead atoms. The zero-order chi connectivity index (χ0) is 13.2. The smallest absolute Gasteiger partial charge is 0.226 e. The number of aliphatic hydroxyl groups is 2. The highest BCUT2D eigenvalue weighted by Gasteiger charge is 2.38. The van der Waals surface area contributed by atoms with Gasteiger partial charge >= 0.3 is 0 Å². The third kappa shape index (κ3) is 3.22. The highest BCUT2D eigenvalue weighted by Crippen LogP contribution is 2.25. The van der Waals surface area contributed by atoms with Crippen molar-refractivity contribution < 1.29 is 10.2 Å². The second kappa shape index (κ2) is 5.84. The van der Waals surface area contributed by atoms with Gasteiger partial charge in [0, 0.05) is 38.1 Å². The Hall–Kier alpha value is -0.200. The molecule has 2 aliphatic rings. The van der Waals surface area contributed by atoms with Crippen molar-refractivity contribution >= 4 is 0 Å². The largest absolute Gasteiger partial charge is 0.353 e. The number of nitrogens with zero attached hydrogens (tertiary/aromatic N) is 2. The molecule has 5 nitrogen and oxygen atoms in total. The van der Waals surface area contributed by atoms with Gasteiger partial charge in [-0.3, -0.25) is 0 Å². The van der Waals surface area contributed by atoms with Crippen LogP contribution in [0.25, 0.3) is 0 Å². The molecule has 0 aromatic carbocycles. The highest BCUT2D eigenvalue weighted by atomic mass is 16.5. The van der Waals surface area contributed by atoms with Crippen LogP contribution in [0.3, 0.4) is 0 Å². The zero-order valence-corrected chi connectivity index (χ0v) is 11.6. The molecule has 0 aliphatic carbocycles. The van der Waals surface area contributed by atoms with Crippen LogP contribution in [0.1, 0.15) is 33.1 Å². The minimum absolute atomic E-state index is 0.301. The molecule has 5 heteroatoms. The number of likely N-dealkylation sites (tertiary alicyclic amines) is 1. The summed E-state index contributed by atoms with van der Waals surface area (Å²) < 4.78 is 0. The van der Waals surface area contributed by atoms with E-state index in [1.165, 1.54) is 0 Å². The van der Waals surface area contributed by atoms with Gasteiger partial charge in [-0.1, -0.05) is 0 Å². The van der Waals surface area contributed by atoms with Crippen molar-refractivity contribution in [3.05, 3.63) is 0 Å². The van der Waals surface area contributed by atoms with E-state index < -0.39 is 5.91 Å². The van der Waals surface area contributed by atoms with Gasteiger partial charge in [0.15, 0.2) is 0 Å². The van der Waals surface area contributed by atoms with Crippen molar-refractivity contribution in [1.82, 2.24) is 15.1 Å². The molecule has 0 spiro atoms. The van der Waals surface area contributed by atoms with E-state index in [1.807, 2.05) is 4.90 Å². The lowest BCUT2D eigenvalue weighted by Gasteiger charge is -2.44. The van der Waals surface area contributed by atoms with E-state index in [0.717, 1.165) is 39.0 Å². The zero-order valence-electron chi connectivity index (χ0n) is 11.6. The Morgan fingerprint density at radius 3 is 2.39 bits per heavy atom. The summed E-state index contributed by atoms with van der Waals surface area (Å²) in [5.74, 6) is -1.63. The number of rotatable bonds is 2. The van der Waals surface area contributed by atoms with Crippen molar-refractivity contribution in [1.29, 1.82) is 0 Å². The summed E-state index contributed by atoms with van der Waals surface area (Å²) in [4.78, 5) is 4.35. The fraction of sp³-hybridized carbons (Fsp3) is 1.00. The summed E-state index contributed by atoms with van der Waals surface area (Å²) in [7, 11) is 0. The minimum Gasteiger partial charge on any atom is -0.353 e. The van der Waals surface area contributed by atoms with Crippen molar-refractivity contribution in [2.45, 2.75) is 51.1 Å². The Bertz CT molecular complexity index is 263. The van der Waals surface area contributed by atoms with Crippen molar-refractivity contribution in [2.75, 3.05) is 32.7 Å². The normalized spacial score (nSPS) is 28.5. The molecule has 2 rings (SSSR count). The predicted molar refractivity (Wildman–Crippen MR) is 71.1 cm³/mol. The predicted octanol–water partition coefficient (Wildman–Crippen LogP) is -0.207. The monoisotopic (exact) mass is 257 g/mol. The van der Waals surface area contributed by atoms with Gasteiger partial charge in [-0.2, -0.15) is 0 Å². The van der Waals surface area contributed by atoms with E-state index >= 15 is 0 Å². The Kier molecular flexibility index (Phi) is 4.61. The maximum atomic E-state index is 10.2. The van der Waals surface area contributed by atoms with E-state index in [9.17, 15) is 10.2 Å². The molecule has 0 saturated carbocycles. The number of nitrogens with one attached hydrogen (secondary N) is 1. The Balaban J connectivity index is 1.94. The lowest BCUT2D eigenvalue weighted by atomic mass is 10.0. The first-order valence-electron chi connectivity index (χ1n) is 7.17. The van der Waals surface area contributed by atoms with Crippen LogP contribution < -0.4 is 5.32 Å². The first kappa shape index (κ1) is 14.2. The maximum absolute atomic E-state index is 10.2. The molecule has 18 heavy (non-hydrogen) atoms. The fourth-order valence-corrected chi connectivity index (χ4v) is 3.09. The van der Waals surface area contributed by atoms with Crippen molar-refractivity contribution in [3.8, 4) is 0 Å². The molecule has 2 aliphatic heterocycles. The van der Waals surface area contributed by atoms with E-state index in [2.05, 4.69) is 24.1 Å². The van der Waals surface area contributed by atoms with Gasteiger partial charge in [0.1, 0.15) is 0 Å². The maximum Gasteiger partial charge on any atom is 0.226 e. The number of hydrogen-bond donors (Lipinski definition) is 3. The second-order valence-corrected chi connectivity index (χ2v) is 5.83. The molecule has 3 N–H and O–H groups in total. The molecule has 0 unspecified atom stereocenters. The highest BCUT2D eigenvalue weighted by molar-refractivity contribution is 4.86. The molecule has 2 heterocycles.